The Bertz CT molecular complexity index is 113. The predicted molar refractivity (Wildman–Crippen MR) is 59.3 cm³/mol. The van der Waals surface area contributed by atoms with Gasteiger partial charge in [0.05, 0.1) is 6.17 Å². The molecule has 13 heavy (non-hydrogen) atoms. The number of nitrogens with two attached hydrogens (primary N) is 2. The van der Waals surface area contributed by atoms with Crippen LogP contribution in [0.2, 0.25) is 0 Å². The maximum absolute atomic E-state index is 5.83. The van der Waals surface area contributed by atoms with Crippen molar-refractivity contribution in [3.63, 3.8) is 0 Å². The van der Waals surface area contributed by atoms with Gasteiger partial charge in [-0.3, -0.25) is 0 Å². The normalized spacial score (nSPS) is 12.5. The highest BCUT2D eigenvalue weighted by molar-refractivity contribution is 4.81. The number of hydrogen-bond acceptors (Lipinski definition) is 2. The van der Waals surface area contributed by atoms with Crippen LogP contribution in [0.3, 0.4) is 0 Å². The van der Waals surface area contributed by atoms with E-state index in [4.69, 9.17) is 11.5 Å². The monoisotopic (exact) mass is 186 g/mol. The minimum Gasteiger partial charge on any atom is -0.316 e. The lowest BCUT2D eigenvalue weighted by Crippen LogP contribution is -2.46. The molecule has 0 heterocycles. The summed E-state index contributed by atoms with van der Waals surface area (Å²) in [5.41, 5.74) is 11.8. The van der Waals surface area contributed by atoms with Gasteiger partial charge in [0.1, 0.15) is 0 Å². The van der Waals surface area contributed by atoms with Crippen LogP contribution < -0.4 is 11.5 Å². The van der Waals surface area contributed by atoms with Crippen LogP contribution in [0.25, 0.3) is 0 Å². The molecule has 0 aromatic carbocycles. The van der Waals surface area contributed by atoms with Crippen molar-refractivity contribution in [2.24, 2.45) is 16.9 Å². The second-order valence-corrected chi connectivity index (χ2v) is 4.39. The highest BCUT2D eigenvalue weighted by atomic mass is 14.9. The van der Waals surface area contributed by atoms with Crippen LogP contribution in [0.1, 0.15) is 59.3 Å². The van der Waals surface area contributed by atoms with Gasteiger partial charge in [-0.05, 0) is 18.3 Å². The van der Waals surface area contributed by atoms with Gasteiger partial charge in [0, 0.05) is 0 Å². The van der Waals surface area contributed by atoms with Gasteiger partial charge in [0.15, 0.2) is 0 Å². The van der Waals surface area contributed by atoms with Gasteiger partial charge < -0.3 is 11.5 Å². The first-order chi connectivity index (χ1) is 6.06. The molecule has 0 rings (SSSR count). The Labute approximate surface area is 83.1 Å². The third kappa shape index (κ3) is 4.63. The van der Waals surface area contributed by atoms with E-state index in [1.807, 2.05) is 0 Å². The lowest BCUT2D eigenvalue weighted by Gasteiger charge is -2.33. The van der Waals surface area contributed by atoms with Crippen molar-refractivity contribution in [3.05, 3.63) is 0 Å². The Kier molecular flexibility index (Phi) is 6.35. The maximum atomic E-state index is 5.83. The average Bonchev–Trinajstić information content (AvgIpc) is 2.11. The van der Waals surface area contributed by atoms with E-state index < -0.39 is 0 Å². The molecule has 0 radical (unpaired) electrons. The summed E-state index contributed by atoms with van der Waals surface area (Å²) in [6.45, 7) is 6.65. The molecule has 0 aromatic rings. The van der Waals surface area contributed by atoms with Gasteiger partial charge in [-0.15, -0.1) is 0 Å². The van der Waals surface area contributed by atoms with Crippen LogP contribution in [-0.4, -0.2) is 6.17 Å². The van der Waals surface area contributed by atoms with Crippen molar-refractivity contribution in [2.75, 3.05) is 0 Å². The molecular formula is C11H26N2. The first kappa shape index (κ1) is 12.9. The van der Waals surface area contributed by atoms with Crippen molar-refractivity contribution < 1.29 is 0 Å². The Morgan fingerprint density at radius 2 is 1.38 bits per heavy atom. The molecular weight excluding hydrogens is 160 g/mol. The second kappa shape index (κ2) is 6.39. The standard InChI is InChI=1S/C11H26N2/c1-4-6-8-11(3,10(12)13)9-7-5-2/h10H,4-9,12-13H2,1-3H3. The van der Waals surface area contributed by atoms with E-state index in [1.165, 1.54) is 38.5 Å². The zero-order chi connectivity index (χ0) is 10.3. The predicted octanol–water partition coefficient (Wildman–Crippen LogP) is 2.62. The summed E-state index contributed by atoms with van der Waals surface area (Å²) in [7, 11) is 0. The second-order valence-electron chi connectivity index (χ2n) is 4.39. The summed E-state index contributed by atoms with van der Waals surface area (Å²) in [6, 6.07) is 0. The third-order valence-electron chi connectivity index (χ3n) is 3.01. The summed E-state index contributed by atoms with van der Waals surface area (Å²) < 4.78 is 0. The van der Waals surface area contributed by atoms with Crippen molar-refractivity contribution in [3.8, 4) is 0 Å². The van der Waals surface area contributed by atoms with Gasteiger partial charge in [0.2, 0.25) is 0 Å². The van der Waals surface area contributed by atoms with Gasteiger partial charge in [-0.2, -0.15) is 0 Å². The molecule has 0 unspecified atom stereocenters. The summed E-state index contributed by atoms with van der Waals surface area (Å²) in [5.74, 6) is 0. The highest BCUT2D eigenvalue weighted by Crippen LogP contribution is 2.31. The maximum Gasteiger partial charge on any atom is 0.0576 e. The Hall–Kier alpha value is -0.0800. The van der Waals surface area contributed by atoms with Crippen molar-refractivity contribution in [1.82, 2.24) is 0 Å². The molecule has 0 amide bonds. The summed E-state index contributed by atoms with van der Waals surface area (Å²) in [4.78, 5) is 0. The van der Waals surface area contributed by atoms with E-state index in [1.54, 1.807) is 0 Å². The largest absolute Gasteiger partial charge is 0.316 e. The van der Waals surface area contributed by atoms with Crippen LogP contribution in [0.4, 0.5) is 0 Å². The van der Waals surface area contributed by atoms with Crippen LogP contribution in [0.15, 0.2) is 0 Å². The van der Waals surface area contributed by atoms with E-state index in [-0.39, 0.29) is 11.6 Å². The third-order valence-corrected chi connectivity index (χ3v) is 3.01. The molecule has 0 aliphatic heterocycles. The van der Waals surface area contributed by atoms with Gasteiger partial charge >= 0.3 is 0 Å². The molecule has 0 bridgehead atoms. The first-order valence-corrected chi connectivity index (χ1v) is 5.58. The van der Waals surface area contributed by atoms with Crippen LogP contribution in [0, 0.1) is 5.41 Å². The first-order valence-electron chi connectivity index (χ1n) is 5.58. The molecule has 0 aromatic heterocycles. The van der Waals surface area contributed by atoms with Gasteiger partial charge in [0.25, 0.3) is 0 Å². The topological polar surface area (TPSA) is 52.0 Å². The molecule has 0 atom stereocenters. The SMILES string of the molecule is CCCCC(C)(CCCC)C(N)N. The van der Waals surface area contributed by atoms with Gasteiger partial charge in [-0.25, -0.2) is 0 Å². The molecule has 2 nitrogen and oxygen atoms in total. The molecule has 4 N–H and O–H groups in total. The Balaban J connectivity index is 4.00. The van der Waals surface area contributed by atoms with E-state index in [0.29, 0.717) is 0 Å². The summed E-state index contributed by atoms with van der Waals surface area (Å²) >= 11 is 0. The van der Waals surface area contributed by atoms with Gasteiger partial charge in [-0.1, -0.05) is 46.5 Å². The molecule has 0 aliphatic carbocycles. The van der Waals surface area contributed by atoms with Crippen molar-refractivity contribution in [2.45, 2.75) is 65.5 Å². The van der Waals surface area contributed by atoms with Crippen LogP contribution in [-0.2, 0) is 0 Å². The fourth-order valence-corrected chi connectivity index (χ4v) is 1.62. The highest BCUT2D eigenvalue weighted by Gasteiger charge is 2.27. The molecule has 0 saturated carbocycles. The Morgan fingerprint density at radius 3 is 1.62 bits per heavy atom. The molecule has 0 fully saturated rings. The molecule has 0 saturated heterocycles. The molecule has 2 heteroatoms. The number of hydrogen-bond donors (Lipinski definition) is 2. The van der Waals surface area contributed by atoms with Crippen molar-refractivity contribution in [1.29, 1.82) is 0 Å². The molecule has 0 aliphatic rings. The molecule has 80 valence electrons. The number of unbranched alkanes of at least 4 members (excludes halogenated alkanes) is 2. The fraction of sp³-hybridized carbons (Fsp3) is 1.00. The quantitative estimate of drug-likeness (QED) is 0.600. The fourth-order valence-electron chi connectivity index (χ4n) is 1.62. The van der Waals surface area contributed by atoms with E-state index >= 15 is 0 Å². The zero-order valence-corrected chi connectivity index (χ0v) is 9.47. The average molecular weight is 186 g/mol. The minimum atomic E-state index is -0.161. The lowest BCUT2D eigenvalue weighted by molar-refractivity contribution is 0.204. The Morgan fingerprint density at radius 1 is 1.00 bits per heavy atom. The lowest BCUT2D eigenvalue weighted by atomic mass is 9.78. The van der Waals surface area contributed by atoms with Crippen molar-refractivity contribution >= 4 is 0 Å². The summed E-state index contributed by atoms with van der Waals surface area (Å²) in [5, 5.41) is 0. The van der Waals surface area contributed by atoms with Crippen LogP contribution in [0.5, 0.6) is 0 Å². The molecule has 0 spiro atoms. The van der Waals surface area contributed by atoms with Crippen LogP contribution >= 0.6 is 0 Å². The summed E-state index contributed by atoms with van der Waals surface area (Å²) in [6.07, 6.45) is 7.12. The minimum absolute atomic E-state index is 0.159. The van der Waals surface area contributed by atoms with E-state index in [9.17, 15) is 0 Å². The smallest absolute Gasteiger partial charge is 0.0576 e. The number of rotatable bonds is 7. The van der Waals surface area contributed by atoms with E-state index in [2.05, 4.69) is 20.8 Å². The zero-order valence-electron chi connectivity index (χ0n) is 9.47. The van der Waals surface area contributed by atoms with E-state index in [0.717, 1.165) is 0 Å².